The highest BCUT2D eigenvalue weighted by molar-refractivity contribution is 5.81. The number of nitrogens with one attached hydrogen (secondary N) is 2. The van der Waals surface area contributed by atoms with Crippen molar-refractivity contribution in [2.24, 2.45) is 68.4 Å². The topological polar surface area (TPSA) is 265 Å². The second kappa shape index (κ2) is 15.4. The average Bonchev–Trinajstić information content (AvgIpc) is 3.38. The van der Waals surface area contributed by atoms with Crippen LogP contribution >= 0.6 is 0 Å². The van der Waals surface area contributed by atoms with Crippen LogP contribution in [0.1, 0.15) is 73.1 Å². The standard InChI is InChI=1S/C28H52N8O6/c1-6-13(7-2)21(33-12(5)37)19-17(34-27(29)30)10-15(23(19)38)25(40)36-22(14(8-3)9-4)20-18(35-28(31)32)11-16(24(20)39)26(41)42/h13-24,38-39H,6-11H2,1-5H3,(H,33,37)(H,36,40)(H,41,42)(H4,29,30,34)(H4,31,32,35)/t15-,16-,17+,18+,19+,20+,21-,22-,23+,24+/m0/s1. The van der Waals surface area contributed by atoms with Crippen molar-refractivity contribution in [2.45, 2.75) is 110 Å². The fourth-order valence-electron chi connectivity index (χ4n) is 7.33. The Kier molecular flexibility index (Phi) is 12.8. The Labute approximate surface area is 248 Å². The number of hydrogen-bond acceptors (Lipinski definition) is 7. The molecule has 0 saturated heterocycles. The second-order valence-electron chi connectivity index (χ2n) is 11.8. The van der Waals surface area contributed by atoms with Crippen LogP contribution in [-0.4, -0.2) is 81.4 Å². The minimum atomic E-state index is -1.31. The average molecular weight is 597 g/mol. The van der Waals surface area contributed by atoms with Crippen molar-refractivity contribution in [1.29, 1.82) is 0 Å². The smallest absolute Gasteiger partial charge is 0.309 e. The van der Waals surface area contributed by atoms with Crippen molar-refractivity contribution in [1.82, 2.24) is 10.6 Å². The van der Waals surface area contributed by atoms with Gasteiger partial charge in [-0.05, 0) is 24.7 Å². The molecule has 0 aromatic carbocycles. The quantitative estimate of drug-likeness (QED) is 0.0890. The zero-order chi connectivity index (χ0) is 31.9. The number of guanidine groups is 2. The monoisotopic (exact) mass is 596 g/mol. The highest BCUT2D eigenvalue weighted by Crippen LogP contribution is 2.42. The molecule has 14 heteroatoms. The molecule has 2 aliphatic carbocycles. The summed E-state index contributed by atoms with van der Waals surface area (Å²) in [6.45, 7) is 9.29. The van der Waals surface area contributed by atoms with Crippen molar-refractivity contribution >= 4 is 29.7 Å². The van der Waals surface area contributed by atoms with Gasteiger partial charge in [-0.1, -0.05) is 53.4 Å². The Morgan fingerprint density at radius 2 is 1.12 bits per heavy atom. The molecule has 42 heavy (non-hydrogen) atoms. The van der Waals surface area contributed by atoms with Crippen molar-refractivity contribution in [2.75, 3.05) is 0 Å². The van der Waals surface area contributed by atoms with Crippen molar-refractivity contribution in [3.05, 3.63) is 0 Å². The first-order valence-corrected chi connectivity index (χ1v) is 15.1. The van der Waals surface area contributed by atoms with Crippen molar-refractivity contribution < 1.29 is 29.7 Å². The molecule has 2 saturated carbocycles. The first kappa shape index (κ1) is 35.1. The van der Waals surface area contributed by atoms with Gasteiger partial charge in [0.05, 0.1) is 36.1 Å². The molecule has 0 unspecified atom stereocenters. The number of carbonyl (C=O) groups excluding carboxylic acids is 2. The molecular formula is C28H52N8O6. The van der Waals surface area contributed by atoms with Gasteiger partial charge in [0.1, 0.15) is 0 Å². The third-order valence-electron chi connectivity index (χ3n) is 9.40. The number of nitrogens with zero attached hydrogens (tertiary/aromatic N) is 2. The molecule has 0 aliphatic heterocycles. The van der Waals surface area contributed by atoms with Gasteiger partial charge in [-0.25, -0.2) is 9.98 Å². The summed E-state index contributed by atoms with van der Waals surface area (Å²) in [6, 6.07) is -2.52. The third kappa shape index (κ3) is 8.03. The predicted octanol–water partition coefficient (Wildman–Crippen LogP) is -0.789. The first-order valence-electron chi connectivity index (χ1n) is 15.1. The molecule has 240 valence electrons. The third-order valence-corrected chi connectivity index (χ3v) is 9.40. The van der Waals surface area contributed by atoms with Gasteiger partial charge in [0.25, 0.3) is 0 Å². The minimum absolute atomic E-state index is 0.00583. The molecule has 14 nitrogen and oxygen atoms in total. The van der Waals surface area contributed by atoms with E-state index < -0.39 is 71.9 Å². The normalized spacial score (nSPS) is 30.5. The molecule has 0 heterocycles. The van der Waals surface area contributed by atoms with Crippen molar-refractivity contribution in [3.8, 4) is 0 Å². The number of hydrogen-bond donors (Lipinski definition) is 9. The van der Waals surface area contributed by atoms with Crippen LogP contribution in [-0.2, 0) is 14.4 Å². The van der Waals surface area contributed by atoms with E-state index in [1.54, 1.807) is 0 Å². The van der Waals surface area contributed by atoms with E-state index in [9.17, 15) is 29.7 Å². The highest BCUT2D eigenvalue weighted by Gasteiger charge is 2.54. The predicted molar refractivity (Wildman–Crippen MR) is 160 cm³/mol. The Bertz CT molecular complexity index is 993. The summed E-state index contributed by atoms with van der Waals surface area (Å²) in [4.78, 5) is 46.7. The van der Waals surface area contributed by atoms with Crippen LogP contribution in [0, 0.1) is 35.5 Å². The molecule has 10 atom stereocenters. The lowest BCUT2D eigenvalue weighted by atomic mass is 9.79. The number of carboxylic acids is 1. The van der Waals surface area contributed by atoms with Crippen LogP contribution in [0.5, 0.6) is 0 Å². The van der Waals surface area contributed by atoms with E-state index in [1.165, 1.54) is 6.92 Å². The fourth-order valence-corrected chi connectivity index (χ4v) is 7.33. The first-order chi connectivity index (χ1) is 19.7. The van der Waals surface area contributed by atoms with E-state index in [4.69, 9.17) is 22.9 Å². The van der Waals surface area contributed by atoms with Crippen LogP contribution in [0.25, 0.3) is 0 Å². The molecule has 0 aromatic heterocycles. The van der Waals surface area contributed by atoms with Gasteiger partial charge in [-0.3, -0.25) is 14.4 Å². The SMILES string of the molecule is CCC(CC)[C@H](NC(=O)[C@H]1C[C@@H](N=C(N)N)[C@H]([C@@H](NC(C)=O)C(CC)CC)[C@@H]1O)[C@@H]1[C@H](O)[C@@H](C(=O)O)C[C@H]1N=C(N)N. The fraction of sp³-hybridized carbons (Fsp3) is 0.821. The lowest BCUT2D eigenvalue weighted by molar-refractivity contribution is -0.145. The van der Waals surface area contributed by atoms with E-state index >= 15 is 0 Å². The summed E-state index contributed by atoms with van der Waals surface area (Å²) in [7, 11) is 0. The summed E-state index contributed by atoms with van der Waals surface area (Å²) in [6.07, 6.45) is 0.352. The summed E-state index contributed by atoms with van der Waals surface area (Å²) in [5.74, 6) is -5.92. The zero-order valence-electron chi connectivity index (χ0n) is 25.4. The number of aliphatic carboxylic acids is 1. The minimum Gasteiger partial charge on any atom is -0.481 e. The maximum Gasteiger partial charge on any atom is 0.309 e. The number of carbonyl (C=O) groups is 3. The largest absolute Gasteiger partial charge is 0.481 e. The number of rotatable bonds is 14. The van der Waals surface area contributed by atoms with Gasteiger partial charge in [0, 0.05) is 30.8 Å². The molecule has 2 rings (SSSR count). The number of nitrogens with two attached hydrogens (primary N) is 4. The Morgan fingerprint density at radius 3 is 1.48 bits per heavy atom. The Hall–Kier alpha value is -3.13. The van der Waals surface area contributed by atoms with Crippen LogP contribution in [0.15, 0.2) is 9.98 Å². The molecule has 2 aliphatic rings. The van der Waals surface area contributed by atoms with Crippen LogP contribution in [0.2, 0.25) is 0 Å². The Balaban J connectivity index is 2.51. The van der Waals surface area contributed by atoms with Crippen LogP contribution in [0.3, 0.4) is 0 Å². The van der Waals surface area contributed by atoms with E-state index in [1.807, 2.05) is 27.7 Å². The molecule has 2 fully saturated rings. The number of aliphatic hydroxyl groups excluding tert-OH is 2. The molecule has 0 bridgehead atoms. The van der Waals surface area contributed by atoms with E-state index in [-0.39, 0.29) is 42.5 Å². The molecule has 0 radical (unpaired) electrons. The molecule has 13 N–H and O–H groups in total. The molecular weight excluding hydrogens is 544 g/mol. The van der Waals surface area contributed by atoms with Crippen molar-refractivity contribution in [3.63, 3.8) is 0 Å². The number of amides is 2. The lowest BCUT2D eigenvalue weighted by Gasteiger charge is -2.37. The second-order valence-corrected chi connectivity index (χ2v) is 11.8. The maximum atomic E-state index is 14.0. The van der Waals surface area contributed by atoms with Crippen LogP contribution in [0.4, 0.5) is 0 Å². The van der Waals surface area contributed by atoms with E-state index in [2.05, 4.69) is 20.6 Å². The van der Waals surface area contributed by atoms with Gasteiger partial charge in [-0.15, -0.1) is 0 Å². The zero-order valence-corrected chi connectivity index (χ0v) is 25.4. The summed E-state index contributed by atoms with van der Waals surface area (Å²) in [5, 5.41) is 38.6. The molecule has 0 aromatic rings. The van der Waals surface area contributed by atoms with Gasteiger partial charge < -0.3 is 48.9 Å². The lowest BCUT2D eigenvalue weighted by Crippen LogP contribution is -2.54. The van der Waals surface area contributed by atoms with Gasteiger partial charge in [0.15, 0.2) is 11.9 Å². The van der Waals surface area contributed by atoms with Gasteiger partial charge in [0.2, 0.25) is 11.8 Å². The number of aliphatic hydroxyl groups is 2. The van der Waals surface area contributed by atoms with Gasteiger partial charge >= 0.3 is 5.97 Å². The van der Waals surface area contributed by atoms with Crippen LogP contribution < -0.4 is 33.6 Å². The Morgan fingerprint density at radius 1 is 0.738 bits per heavy atom. The summed E-state index contributed by atoms with van der Waals surface area (Å²) in [5.41, 5.74) is 22.8. The highest BCUT2D eigenvalue weighted by atomic mass is 16.4. The van der Waals surface area contributed by atoms with E-state index in [0.717, 1.165) is 12.8 Å². The summed E-state index contributed by atoms with van der Waals surface area (Å²) >= 11 is 0. The van der Waals surface area contributed by atoms with E-state index in [0.29, 0.717) is 12.8 Å². The molecule has 0 spiro atoms. The maximum absolute atomic E-state index is 14.0. The molecule has 2 amide bonds. The van der Waals surface area contributed by atoms with Gasteiger partial charge in [-0.2, -0.15) is 0 Å². The summed E-state index contributed by atoms with van der Waals surface area (Å²) < 4.78 is 0. The number of aliphatic imine (C=N–C) groups is 2. The number of carboxylic acid groups (broad SMARTS) is 1.